The first-order valence-corrected chi connectivity index (χ1v) is 8.44. The highest BCUT2D eigenvalue weighted by atomic mass is 35.5. The van der Waals surface area contributed by atoms with Crippen LogP contribution in [0.2, 0.25) is 5.02 Å². The Labute approximate surface area is 135 Å². The van der Waals surface area contributed by atoms with Gasteiger partial charge in [0.25, 0.3) is 0 Å². The topological polar surface area (TPSA) is 51.0 Å². The fourth-order valence-electron chi connectivity index (χ4n) is 3.82. The molecule has 3 heterocycles. The van der Waals surface area contributed by atoms with Crippen LogP contribution in [0.4, 0.5) is 0 Å². The number of aromatic nitrogens is 2. The molecule has 22 heavy (non-hydrogen) atoms. The molecule has 1 aromatic carbocycles. The molecule has 2 atom stereocenters. The second-order valence-electron chi connectivity index (χ2n) is 6.59. The van der Waals surface area contributed by atoms with Gasteiger partial charge in [0.05, 0.1) is 0 Å². The van der Waals surface area contributed by atoms with Gasteiger partial charge < -0.3 is 9.84 Å². The zero-order valence-electron chi connectivity index (χ0n) is 12.5. The molecule has 2 fully saturated rings. The summed E-state index contributed by atoms with van der Waals surface area (Å²) in [5.41, 5.74) is 1.15. The van der Waals surface area contributed by atoms with E-state index in [1.165, 1.54) is 25.7 Å². The molecule has 0 amide bonds. The van der Waals surface area contributed by atoms with Gasteiger partial charge in [-0.15, -0.1) is 0 Å². The van der Waals surface area contributed by atoms with Gasteiger partial charge in [-0.3, -0.25) is 0 Å². The summed E-state index contributed by atoms with van der Waals surface area (Å²) >= 11 is 5.90. The summed E-state index contributed by atoms with van der Waals surface area (Å²) in [5, 5.41) is 8.54. The van der Waals surface area contributed by atoms with E-state index >= 15 is 0 Å². The minimum atomic E-state index is 0.683. The van der Waals surface area contributed by atoms with E-state index in [0.29, 0.717) is 24.4 Å². The molecule has 0 spiro atoms. The van der Waals surface area contributed by atoms with Crippen LogP contribution < -0.4 is 5.32 Å². The Hall–Kier alpha value is -1.39. The Morgan fingerprint density at radius 2 is 1.86 bits per heavy atom. The molecule has 5 heteroatoms. The van der Waals surface area contributed by atoms with Crippen LogP contribution in [0.3, 0.4) is 0 Å². The van der Waals surface area contributed by atoms with Crippen molar-refractivity contribution in [1.82, 2.24) is 15.5 Å². The van der Waals surface area contributed by atoms with Crippen LogP contribution in [-0.4, -0.2) is 22.2 Å². The smallest absolute Gasteiger partial charge is 0.226 e. The van der Waals surface area contributed by atoms with E-state index in [-0.39, 0.29) is 0 Å². The van der Waals surface area contributed by atoms with Crippen molar-refractivity contribution in [3.05, 3.63) is 46.6 Å². The van der Waals surface area contributed by atoms with Crippen molar-refractivity contribution < 1.29 is 4.52 Å². The van der Waals surface area contributed by atoms with Crippen LogP contribution in [0.25, 0.3) is 0 Å². The number of fused-ring (bicyclic) bond motifs is 2. The number of hydrogen-bond acceptors (Lipinski definition) is 4. The van der Waals surface area contributed by atoms with Crippen molar-refractivity contribution in [2.75, 3.05) is 0 Å². The minimum absolute atomic E-state index is 0.683. The largest absolute Gasteiger partial charge is 0.339 e. The van der Waals surface area contributed by atoms with Gasteiger partial charge in [-0.05, 0) is 49.3 Å². The number of halogens is 1. The van der Waals surface area contributed by atoms with Crippen LogP contribution in [-0.2, 0) is 12.8 Å². The average Bonchev–Trinajstić information content (AvgIpc) is 3.08. The summed E-state index contributed by atoms with van der Waals surface area (Å²) in [4.78, 5) is 4.56. The molecule has 4 rings (SSSR count). The van der Waals surface area contributed by atoms with Gasteiger partial charge in [-0.2, -0.15) is 4.98 Å². The Kier molecular flexibility index (Phi) is 3.89. The number of nitrogens with one attached hydrogen (secondary N) is 1. The number of nitrogens with zero attached hydrogens (tertiary/aromatic N) is 2. The van der Waals surface area contributed by atoms with Crippen molar-refractivity contribution >= 4 is 11.6 Å². The Morgan fingerprint density at radius 3 is 2.59 bits per heavy atom. The van der Waals surface area contributed by atoms with E-state index in [1.807, 2.05) is 24.3 Å². The molecule has 1 aromatic heterocycles. The lowest BCUT2D eigenvalue weighted by Crippen LogP contribution is -2.38. The molecule has 2 aliphatic rings. The van der Waals surface area contributed by atoms with E-state index in [1.54, 1.807) is 0 Å². The molecule has 2 bridgehead atoms. The summed E-state index contributed by atoms with van der Waals surface area (Å²) in [6, 6.07) is 9.21. The maximum absolute atomic E-state index is 5.90. The zero-order valence-corrected chi connectivity index (χ0v) is 13.2. The Morgan fingerprint density at radius 1 is 1.14 bits per heavy atom. The van der Waals surface area contributed by atoms with Crippen LogP contribution in [0.1, 0.15) is 43.0 Å². The highest BCUT2D eigenvalue weighted by Crippen LogP contribution is 2.32. The predicted octanol–water partition coefficient (Wildman–Crippen LogP) is 3.39. The Bertz CT molecular complexity index is 628. The highest BCUT2D eigenvalue weighted by molar-refractivity contribution is 6.30. The maximum Gasteiger partial charge on any atom is 0.226 e. The second-order valence-corrected chi connectivity index (χ2v) is 7.02. The predicted molar refractivity (Wildman–Crippen MR) is 84.9 cm³/mol. The molecule has 4 nitrogen and oxygen atoms in total. The summed E-state index contributed by atoms with van der Waals surface area (Å²) in [6.07, 6.45) is 6.75. The van der Waals surface area contributed by atoms with Gasteiger partial charge in [0.1, 0.15) is 0 Å². The van der Waals surface area contributed by atoms with E-state index in [0.717, 1.165) is 28.7 Å². The normalized spacial score (nSPS) is 27.2. The molecule has 0 aliphatic carbocycles. The van der Waals surface area contributed by atoms with Crippen molar-refractivity contribution in [1.29, 1.82) is 0 Å². The van der Waals surface area contributed by atoms with Gasteiger partial charge in [0.15, 0.2) is 5.82 Å². The van der Waals surface area contributed by atoms with Gasteiger partial charge in [-0.25, -0.2) is 0 Å². The lowest BCUT2D eigenvalue weighted by Gasteiger charge is -2.28. The van der Waals surface area contributed by atoms with E-state index in [2.05, 4.69) is 15.5 Å². The van der Waals surface area contributed by atoms with Gasteiger partial charge >= 0.3 is 0 Å². The van der Waals surface area contributed by atoms with Crippen LogP contribution >= 0.6 is 11.6 Å². The fraction of sp³-hybridized carbons (Fsp3) is 0.529. The SMILES string of the molecule is Clc1ccc(Cc2noc(CC3CC4CCC(C3)N4)n2)cc1. The van der Waals surface area contributed by atoms with Crippen LogP contribution in [0.15, 0.2) is 28.8 Å². The van der Waals surface area contributed by atoms with E-state index in [9.17, 15) is 0 Å². The third kappa shape index (κ3) is 3.18. The minimum Gasteiger partial charge on any atom is -0.339 e. The van der Waals surface area contributed by atoms with Gasteiger partial charge in [-0.1, -0.05) is 28.9 Å². The molecule has 0 radical (unpaired) electrons. The van der Waals surface area contributed by atoms with E-state index < -0.39 is 0 Å². The maximum atomic E-state index is 5.90. The first-order valence-electron chi connectivity index (χ1n) is 8.06. The summed E-state index contributed by atoms with van der Waals surface area (Å²) < 4.78 is 5.45. The van der Waals surface area contributed by atoms with Gasteiger partial charge in [0, 0.05) is 29.9 Å². The Balaban J connectivity index is 1.38. The molecular formula is C17H20ClN3O. The van der Waals surface area contributed by atoms with Crippen LogP contribution in [0, 0.1) is 5.92 Å². The quantitative estimate of drug-likeness (QED) is 0.939. The highest BCUT2D eigenvalue weighted by Gasteiger charge is 2.34. The van der Waals surface area contributed by atoms with Crippen molar-refractivity contribution in [3.8, 4) is 0 Å². The summed E-state index contributed by atoms with van der Waals surface area (Å²) in [6.45, 7) is 0. The third-order valence-corrected chi connectivity index (χ3v) is 5.07. The summed E-state index contributed by atoms with van der Waals surface area (Å²) in [5.74, 6) is 2.23. The molecule has 2 unspecified atom stereocenters. The van der Waals surface area contributed by atoms with Crippen molar-refractivity contribution in [2.45, 2.75) is 50.6 Å². The molecule has 2 aromatic rings. The zero-order chi connectivity index (χ0) is 14.9. The number of hydrogen-bond donors (Lipinski definition) is 1. The first kappa shape index (κ1) is 14.2. The monoisotopic (exact) mass is 317 g/mol. The van der Waals surface area contributed by atoms with Crippen LogP contribution in [0.5, 0.6) is 0 Å². The number of rotatable bonds is 4. The fourth-order valence-corrected chi connectivity index (χ4v) is 3.94. The molecular weight excluding hydrogens is 298 g/mol. The molecule has 116 valence electrons. The molecule has 2 saturated heterocycles. The number of benzene rings is 1. The number of piperidine rings is 1. The first-order chi connectivity index (χ1) is 10.7. The van der Waals surface area contributed by atoms with E-state index in [4.69, 9.17) is 16.1 Å². The lowest BCUT2D eigenvalue weighted by atomic mass is 9.90. The van der Waals surface area contributed by atoms with Crippen molar-refractivity contribution in [3.63, 3.8) is 0 Å². The molecule has 2 aliphatic heterocycles. The van der Waals surface area contributed by atoms with Gasteiger partial charge in [0.2, 0.25) is 5.89 Å². The average molecular weight is 318 g/mol. The summed E-state index contributed by atoms with van der Waals surface area (Å²) in [7, 11) is 0. The third-order valence-electron chi connectivity index (χ3n) is 4.82. The second kappa shape index (κ2) is 6.01. The van der Waals surface area contributed by atoms with Crippen molar-refractivity contribution in [2.24, 2.45) is 5.92 Å². The standard InChI is InChI=1S/C17H20ClN3O/c18-13-3-1-11(2-4-13)9-16-20-17(22-21-16)10-12-7-14-5-6-15(8-12)19-14/h1-4,12,14-15,19H,5-10H2. The lowest BCUT2D eigenvalue weighted by molar-refractivity contribution is 0.270. The molecule has 1 N–H and O–H groups in total. The molecule has 0 saturated carbocycles.